The molecule has 1 unspecified atom stereocenters. The van der Waals surface area contributed by atoms with E-state index < -0.39 is 11.6 Å². The number of hydrogen-bond acceptors (Lipinski definition) is 5. The predicted octanol–water partition coefficient (Wildman–Crippen LogP) is 2.93. The SMILES string of the molecule is O=C1CC(c2nc(-c3cccnc3)no2)CN1Cc1cc(F)cc(F)c1. The van der Waals surface area contributed by atoms with Crippen molar-refractivity contribution in [3.05, 3.63) is 65.8 Å². The molecular formula is C18H14F2N4O2. The van der Waals surface area contributed by atoms with Crippen LogP contribution in [-0.4, -0.2) is 32.5 Å². The summed E-state index contributed by atoms with van der Waals surface area (Å²) in [5.74, 6) is -0.932. The highest BCUT2D eigenvalue weighted by atomic mass is 19.1. The van der Waals surface area contributed by atoms with Gasteiger partial charge in [-0.05, 0) is 29.8 Å². The van der Waals surface area contributed by atoms with Gasteiger partial charge in [-0.15, -0.1) is 0 Å². The molecule has 1 aliphatic heterocycles. The minimum absolute atomic E-state index is 0.124. The molecule has 1 atom stereocenters. The third-order valence-corrected chi connectivity index (χ3v) is 4.22. The van der Waals surface area contributed by atoms with Gasteiger partial charge in [-0.3, -0.25) is 9.78 Å². The van der Waals surface area contributed by atoms with Crippen molar-refractivity contribution in [2.45, 2.75) is 18.9 Å². The summed E-state index contributed by atoms with van der Waals surface area (Å²) in [6, 6.07) is 6.82. The van der Waals surface area contributed by atoms with Crippen LogP contribution in [0.15, 0.2) is 47.2 Å². The lowest BCUT2D eigenvalue weighted by Gasteiger charge is -2.16. The van der Waals surface area contributed by atoms with Crippen molar-refractivity contribution in [2.24, 2.45) is 0 Å². The number of halogens is 2. The highest BCUT2D eigenvalue weighted by Gasteiger charge is 2.34. The van der Waals surface area contributed by atoms with Gasteiger partial charge in [-0.25, -0.2) is 8.78 Å². The van der Waals surface area contributed by atoms with E-state index in [9.17, 15) is 13.6 Å². The van der Waals surface area contributed by atoms with Crippen LogP contribution in [0.4, 0.5) is 8.78 Å². The Morgan fingerprint density at radius 3 is 2.77 bits per heavy atom. The minimum Gasteiger partial charge on any atom is -0.339 e. The normalized spacial score (nSPS) is 17.1. The maximum absolute atomic E-state index is 13.3. The van der Waals surface area contributed by atoms with Crippen molar-refractivity contribution in [2.75, 3.05) is 6.54 Å². The third-order valence-electron chi connectivity index (χ3n) is 4.22. The largest absolute Gasteiger partial charge is 0.339 e. The molecule has 132 valence electrons. The molecule has 1 fully saturated rings. The van der Waals surface area contributed by atoms with Crippen molar-refractivity contribution in [3.8, 4) is 11.4 Å². The maximum atomic E-state index is 13.3. The second-order valence-electron chi connectivity index (χ2n) is 6.15. The molecule has 0 spiro atoms. The summed E-state index contributed by atoms with van der Waals surface area (Å²) in [5, 5.41) is 3.93. The van der Waals surface area contributed by atoms with Gasteiger partial charge in [0.05, 0.1) is 5.92 Å². The van der Waals surface area contributed by atoms with E-state index in [1.165, 1.54) is 17.0 Å². The van der Waals surface area contributed by atoms with Gasteiger partial charge in [0.1, 0.15) is 11.6 Å². The van der Waals surface area contributed by atoms with Gasteiger partial charge in [0.25, 0.3) is 0 Å². The smallest absolute Gasteiger partial charge is 0.232 e. The quantitative estimate of drug-likeness (QED) is 0.719. The fourth-order valence-electron chi connectivity index (χ4n) is 3.03. The van der Waals surface area contributed by atoms with Gasteiger partial charge in [-0.2, -0.15) is 4.98 Å². The average Bonchev–Trinajstić information content (AvgIpc) is 3.22. The summed E-state index contributed by atoms with van der Waals surface area (Å²) in [6.07, 6.45) is 3.49. The molecule has 0 saturated carbocycles. The lowest BCUT2D eigenvalue weighted by Crippen LogP contribution is -2.24. The second-order valence-corrected chi connectivity index (χ2v) is 6.15. The number of carbonyl (C=O) groups excluding carboxylic acids is 1. The Kier molecular flexibility index (Phi) is 4.16. The molecule has 0 N–H and O–H groups in total. The van der Waals surface area contributed by atoms with Gasteiger partial charge >= 0.3 is 0 Å². The summed E-state index contributed by atoms with van der Waals surface area (Å²) in [4.78, 5) is 22.1. The van der Waals surface area contributed by atoms with Crippen LogP contribution in [-0.2, 0) is 11.3 Å². The lowest BCUT2D eigenvalue weighted by atomic mass is 10.1. The summed E-state index contributed by atoms with van der Waals surface area (Å²) in [5.41, 5.74) is 1.12. The van der Waals surface area contributed by atoms with E-state index in [1.54, 1.807) is 18.5 Å². The number of carbonyl (C=O) groups is 1. The summed E-state index contributed by atoms with van der Waals surface area (Å²) < 4.78 is 31.9. The molecule has 0 bridgehead atoms. The zero-order chi connectivity index (χ0) is 18.1. The van der Waals surface area contributed by atoms with Gasteiger partial charge in [0, 0.05) is 43.5 Å². The Morgan fingerprint density at radius 1 is 1.23 bits per heavy atom. The first-order chi connectivity index (χ1) is 12.6. The van der Waals surface area contributed by atoms with Crippen molar-refractivity contribution in [1.82, 2.24) is 20.0 Å². The molecule has 6 nitrogen and oxygen atoms in total. The molecule has 1 saturated heterocycles. The number of pyridine rings is 1. The predicted molar refractivity (Wildman–Crippen MR) is 86.7 cm³/mol. The highest BCUT2D eigenvalue weighted by molar-refractivity contribution is 5.79. The molecule has 1 amide bonds. The number of rotatable bonds is 4. The Hall–Kier alpha value is -3.16. The highest BCUT2D eigenvalue weighted by Crippen LogP contribution is 2.29. The number of hydrogen-bond donors (Lipinski definition) is 0. The van der Waals surface area contributed by atoms with Crippen LogP contribution in [0.3, 0.4) is 0 Å². The van der Waals surface area contributed by atoms with E-state index in [1.807, 2.05) is 6.07 Å². The van der Waals surface area contributed by atoms with Crippen LogP contribution in [0.25, 0.3) is 11.4 Å². The molecule has 3 heterocycles. The maximum Gasteiger partial charge on any atom is 0.232 e. The van der Waals surface area contributed by atoms with Gasteiger partial charge in [-0.1, -0.05) is 5.16 Å². The zero-order valence-electron chi connectivity index (χ0n) is 13.6. The van der Waals surface area contributed by atoms with Crippen molar-refractivity contribution >= 4 is 5.91 Å². The third kappa shape index (κ3) is 3.30. The first-order valence-electron chi connectivity index (χ1n) is 8.05. The Balaban J connectivity index is 1.49. The fraction of sp³-hybridized carbons (Fsp3) is 0.222. The van der Waals surface area contributed by atoms with Crippen LogP contribution >= 0.6 is 0 Å². The molecule has 3 aromatic rings. The fourth-order valence-corrected chi connectivity index (χ4v) is 3.03. The molecule has 1 aromatic carbocycles. The number of benzene rings is 1. The van der Waals surface area contributed by atoms with Crippen LogP contribution in [0.5, 0.6) is 0 Å². The Bertz CT molecular complexity index is 925. The average molecular weight is 356 g/mol. The van der Waals surface area contributed by atoms with Crippen LogP contribution in [0, 0.1) is 11.6 Å². The molecule has 26 heavy (non-hydrogen) atoms. The lowest BCUT2D eigenvalue weighted by molar-refractivity contribution is -0.128. The molecule has 4 rings (SSSR count). The van der Waals surface area contributed by atoms with E-state index >= 15 is 0 Å². The Labute approximate surface area is 147 Å². The van der Waals surface area contributed by atoms with Crippen molar-refractivity contribution in [3.63, 3.8) is 0 Å². The van der Waals surface area contributed by atoms with Crippen LogP contribution in [0.1, 0.15) is 23.8 Å². The molecule has 1 aliphatic rings. The minimum atomic E-state index is -0.666. The van der Waals surface area contributed by atoms with Crippen LogP contribution in [0.2, 0.25) is 0 Å². The first-order valence-corrected chi connectivity index (χ1v) is 8.05. The van der Waals surface area contributed by atoms with Gasteiger partial charge in [0.15, 0.2) is 0 Å². The van der Waals surface area contributed by atoms with E-state index in [2.05, 4.69) is 15.1 Å². The molecule has 8 heteroatoms. The number of aromatic nitrogens is 3. The number of amides is 1. The van der Waals surface area contributed by atoms with E-state index in [-0.39, 0.29) is 24.8 Å². The van der Waals surface area contributed by atoms with Gasteiger partial charge < -0.3 is 9.42 Å². The van der Waals surface area contributed by atoms with Gasteiger partial charge in [0.2, 0.25) is 17.6 Å². The van der Waals surface area contributed by atoms with E-state index in [0.717, 1.165) is 11.6 Å². The summed E-state index contributed by atoms with van der Waals surface area (Å²) in [6.45, 7) is 0.485. The first kappa shape index (κ1) is 16.3. The van der Waals surface area contributed by atoms with E-state index in [4.69, 9.17) is 4.52 Å². The van der Waals surface area contributed by atoms with Crippen LogP contribution < -0.4 is 0 Å². The topological polar surface area (TPSA) is 72.1 Å². The number of nitrogens with zero attached hydrogens (tertiary/aromatic N) is 4. The number of likely N-dealkylation sites (tertiary alicyclic amines) is 1. The molecular weight excluding hydrogens is 342 g/mol. The Morgan fingerprint density at radius 2 is 2.04 bits per heavy atom. The van der Waals surface area contributed by atoms with Crippen molar-refractivity contribution in [1.29, 1.82) is 0 Å². The van der Waals surface area contributed by atoms with E-state index in [0.29, 0.717) is 23.8 Å². The second kappa shape index (κ2) is 6.62. The summed E-state index contributed by atoms with van der Waals surface area (Å²) >= 11 is 0. The monoisotopic (exact) mass is 356 g/mol. The molecule has 0 aliphatic carbocycles. The summed E-state index contributed by atoms with van der Waals surface area (Å²) in [7, 11) is 0. The standard InChI is InChI=1S/C18H14F2N4O2/c19-14-4-11(5-15(20)7-14)9-24-10-13(6-16(24)25)18-22-17(23-26-18)12-2-1-3-21-8-12/h1-5,7-8,13H,6,9-10H2. The zero-order valence-corrected chi connectivity index (χ0v) is 13.6. The molecule has 2 aromatic heterocycles. The molecule has 0 radical (unpaired) electrons. The van der Waals surface area contributed by atoms with Crippen molar-refractivity contribution < 1.29 is 18.1 Å².